The Kier molecular flexibility index (Phi) is 11.5. The summed E-state index contributed by atoms with van der Waals surface area (Å²) < 4.78 is 75.1. The van der Waals surface area contributed by atoms with Crippen LogP contribution < -0.4 is 0 Å². The Morgan fingerprint density at radius 2 is 1.82 bits per heavy atom. The van der Waals surface area contributed by atoms with Crippen molar-refractivity contribution in [3.63, 3.8) is 0 Å². The van der Waals surface area contributed by atoms with Crippen LogP contribution in [-0.2, 0) is 27.4 Å². The Labute approximate surface area is 217 Å². The third-order valence-corrected chi connectivity index (χ3v) is 6.48. The molecule has 16 heteroatoms. The van der Waals surface area contributed by atoms with Crippen molar-refractivity contribution in [2.75, 3.05) is 33.3 Å². The van der Waals surface area contributed by atoms with Crippen molar-refractivity contribution in [1.29, 1.82) is 0 Å². The van der Waals surface area contributed by atoms with Gasteiger partial charge in [-0.15, -0.1) is 11.3 Å². The molecule has 4 heterocycles. The molecule has 0 aliphatic carbocycles. The molecule has 2 fully saturated rings. The van der Waals surface area contributed by atoms with Gasteiger partial charge in [-0.05, 0) is 38.1 Å². The second-order valence-electron chi connectivity index (χ2n) is 8.63. The van der Waals surface area contributed by atoms with Gasteiger partial charge in [0.1, 0.15) is 10.8 Å². The Hall–Kier alpha value is -2.69. The van der Waals surface area contributed by atoms with Crippen LogP contribution in [0.15, 0.2) is 34.4 Å². The van der Waals surface area contributed by atoms with Gasteiger partial charge in [-0.3, -0.25) is 9.80 Å². The molecule has 0 saturated carbocycles. The van der Waals surface area contributed by atoms with Gasteiger partial charge < -0.3 is 19.4 Å². The number of hydrogen-bond donors (Lipinski definition) is 2. The minimum Gasteiger partial charge on any atom is -0.475 e. The van der Waals surface area contributed by atoms with Crippen molar-refractivity contribution in [2.24, 2.45) is 11.8 Å². The van der Waals surface area contributed by atoms with Crippen molar-refractivity contribution in [1.82, 2.24) is 14.8 Å². The van der Waals surface area contributed by atoms with E-state index >= 15 is 0 Å². The first-order chi connectivity index (χ1) is 17.7. The van der Waals surface area contributed by atoms with E-state index in [1.807, 2.05) is 18.3 Å². The van der Waals surface area contributed by atoms with Crippen LogP contribution >= 0.6 is 11.3 Å². The zero-order valence-corrected chi connectivity index (χ0v) is 20.9. The summed E-state index contributed by atoms with van der Waals surface area (Å²) in [6, 6.07) is 3.98. The highest BCUT2D eigenvalue weighted by Gasteiger charge is 2.41. The number of carboxylic acids is 2. The number of piperidine rings is 1. The van der Waals surface area contributed by atoms with E-state index in [0.29, 0.717) is 12.0 Å². The Morgan fingerprint density at radius 1 is 1.18 bits per heavy atom. The number of halogens is 6. The molecule has 3 atom stereocenters. The molecule has 0 aromatic carbocycles. The zero-order chi connectivity index (χ0) is 28.5. The number of thiazole rings is 1. The summed E-state index contributed by atoms with van der Waals surface area (Å²) in [4.78, 5) is 27.1. The maximum atomic E-state index is 10.6. The lowest BCUT2D eigenvalue weighted by atomic mass is 9.84. The van der Waals surface area contributed by atoms with Gasteiger partial charge >= 0.3 is 24.3 Å². The second-order valence-corrected chi connectivity index (χ2v) is 9.61. The lowest BCUT2D eigenvalue weighted by molar-refractivity contribution is -0.193. The Balaban J connectivity index is 0.000000301. The standard InChI is InChI=1S/C18H25N3O2S.2C2HF3O2/c1-20(9-15-3-2-7-22-15)11-17-16-10-21(6-4-14(16)13-23-17)12-18-19-5-8-24-18;2*3-2(4,5)1(6)7/h2-3,5,7-8,14,16-17H,4,6,9-13H2,1H3;2*(H,6,7)/t14-,16-,17+;;/m0../s1. The number of aliphatic carboxylic acids is 2. The van der Waals surface area contributed by atoms with Crippen molar-refractivity contribution in [2.45, 2.75) is 38.0 Å². The van der Waals surface area contributed by atoms with E-state index in [4.69, 9.17) is 29.0 Å². The van der Waals surface area contributed by atoms with Crippen LogP contribution in [0.5, 0.6) is 0 Å². The maximum absolute atomic E-state index is 10.6. The summed E-state index contributed by atoms with van der Waals surface area (Å²) in [5.41, 5.74) is 0. The van der Waals surface area contributed by atoms with Gasteiger partial charge in [0.15, 0.2) is 0 Å². The van der Waals surface area contributed by atoms with Gasteiger partial charge in [0.05, 0.1) is 32.1 Å². The van der Waals surface area contributed by atoms with Crippen molar-refractivity contribution in [3.8, 4) is 0 Å². The molecule has 2 aromatic rings. The van der Waals surface area contributed by atoms with Crippen LogP contribution in [0, 0.1) is 11.8 Å². The number of carbonyl (C=O) groups is 2. The van der Waals surface area contributed by atoms with E-state index in [1.54, 1.807) is 17.6 Å². The van der Waals surface area contributed by atoms with Gasteiger partial charge in [-0.25, -0.2) is 14.6 Å². The quantitative estimate of drug-likeness (QED) is 0.494. The lowest BCUT2D eigenvalue weighted by Gasteiger charge is -2.36. The van der Waals surface area contributed by atoms with E-state index in [0.717, 1.165) is 44.5 Å². The van der Waals surface area contributed by atoms with Gasteiger partial charge in [0.25, 0.3) is 0 Å². The molecule has 0 unspecified atom stereocenters. The lowest BCUT2D eigenvalue weighted by Crippen LogP contribution is -2.44. The topological polar surface area (TPSA) is 116 Å². The predicted molar refractivity (Wildman–Crippen MR) is 121 cm³/mol. The fourth-order valence-electron chi connectivity index (χ4n) is 3.99. The van der Waals surface area contributed by atoms with Gasteiger partial charge in [-0.1, -0.05) is 0 Å². The normalized spacial score (nSPS) is 21.6. The molecule has 2 aliphatic rings. The molecule has 2 saturated heterocycles. The number of hydrogen-bond acceptors (Lipinski definition) is 8. The molecule has 2 aliphatic heterocycles. The van der Waals surface area contributed by atoms with Crippen LogP contribution in [0.1, 0.15) is 17.2 Å². The highest BCUT2D eigenvalue weighted by atomic mass is 32.1. The number of rotatable bonds is 6. The predicted octanol–water partition coefficient (Wildman–Crippen LogP) is 3.97. The summed E-state index contributed by atoms with van der Waals surface area (Å²) in [5, 5.41) is 17.5. The van der Waals surface area contributed by atoms with E-state index in [1.165, 1.54) is 18.0 Å². The molecule has 2 N–H and O–H groups in total. The highest BCUT2D eigenvalue weighted by Crippen LogP contribution is 2.35. The summed E-state index contributed by atoms with van der Waals surface area (Å²) in [5.74, 6) is -3.14. The highest BCUT2D eigenvalue weighted by molar-refractivity contribution is 7.09. The van der Waals surface area contributed by atoms with Crippen molar-refractivity contribution in [3.05, 3.63) is 40.7 Å². The maximum Gasteiger partial charge on any atom is 0.490 e. The minimum atomic E-state index is -5.08. The first-order valence-electron chi connectivity index (χ1n) is 11.2. The first-order valence-corrected chi connectivity index (χ1v) is 12.1. The number of alkyl halides is 6. The molecule has 0 spiro atoms. The monoisotopic (exact) mass is 575 g/mol. The van der Waals surface area contributed by atoms with Crippen LogP contribution in [0.25, 0.3) is 0 Å². The molecule has 2 aromatic heterocycles. The van der Waals surface area contributed by atoms with Gasteiger partial charge in [0, 0.05) is 30.6 Å². The average molecular weight is 576 g/mol. The second kappa shape index (κ2) is 13.9. The zero-order valence-electron chi connectivity index (χ0n) is 20.1. The number of aromatic nitrogens is 1. The van der Waals surface area contributed by atoms with Crippen molar-refractivity contribution >= 4 is 23.3 Å². The summed E-state index contributed by atoms with van der Waals surface area (Å²) in [6.45, 7) is 6.01. The molecule has 4 rings (SSSR count). The number of ether oxygens (including phenoxy) is 1. The van der Waals surface area contributed by atoms with E-state index in [-0.39, 0.29) is 0 Å². The number of nitrogens with zero attached hydrogens (tertiary/aromatic N) is 3. The number of fused-ring (bicyclic) bond motifs is 1. The smallest absolute Gasteiger partial charge is 0.475 e. The fourth-order valence-corrected chi connectivity index (χ4v) is 4.65. The van der Waals surface area contributed by atoms with Crippen LogP contribution in [-0.4, -0.2) is 88.7 Å². The summed E-state index contributed by atoms with van der Waals surface area (Å²) in [7, 11) is 2.15. The number of carboxylic acid groups (broad SMARTS) is 2. The fraction of sp³-hybridized carbons (Fsp3) is 0.591. The largest absolute Gasteiger partial charge is 0.490 e. The van der Waals surface area contributed by atoms with Gasteiger partial charge in [0.2, 0.25) is 0 Å². The molecule has 9 nitrogen and oxygen atoms in total. The SMILES string of the molecule is CN(Cc1ccco1)C[C@H]1OC[C@@H]2CCN(Cc3nccs3)C[C@@H]21.O=C(O)C(F)(F)F.O=C(O)C(F)(F)F. The summed E-state index contributed by atoms with van der Waals surface area (Å²) >= 11 is 1.75. The molecule has 0 bridgehead atoms. The van der Waals surface area contributed by atoms with Crippen LogP contribution in [0.2, 0.25) is 0 Å². The number of furan rings is 1. The third kappa shape index (κ3) is 10.6. The van der Waals surface area contributed by atoms with Crippen LogP contribution in [0.3, 0.4) is 0 Å². The minimum absolute atomic E-state index is 0.328. The van der Waals surface area contributed by atoms with E-state index < -0.39 is 24.3 Å². The number of likely N-dealkylation sites (tertiary alicyclic amines) is 1. The molecular weight excluding hydrogens is 548 g/mol. The van der Waals surface area contributed by atoms with Gasteiger partial charge in [-0.2, -0.15) is 26.3 Å². The molecule has 214 valence electrons. The molecule has 0 amide bonds. The van der Waals surface area contributed by atoms with Crippen molar-refractivity contribution < 1.29 is 55.3 Å². The number of likely N-dealkylation sites (N-methyl/N-ethyl adjacent to an activating group) is 1. The van der Waals surface area contributed by atoms with Crippen LogP contribution in [0.4, 0.5) is 26.3 Å². The Bertz CT molecular complexity index is 963. The van der Waals surface area contributed by atoms with E-state index in [9.17, 15) is 26.3 Å². The molecule has 0 radical (unpaired) electrons. The molecule has 38 heavy (non-hydrogen) atoms. The first kappa shape index (κ1) is 31.5. The average Bonchev–Trinajstić information content (AvgIpc) is 3.57. The third-order valence-electron chi connectivity index (χ3n) is 5.72. The summed E-state index contributed by atoms with van der Waals surface area (Å²) in [6.07, 6.45) is -4.95. The Morgan fingerprint density at radius 3 is 2.32 bits per heavy atom. The molecular formula is C22H27F6N3O6S. The van der Waals surface area contributed by atoms with E-state index in [2.05, 4.69) is 27.2 Å².